The summed E-state index contributed by atoms with van der Waals surface area (Å²) in [5.41, 5.74) is 2.18. The number of anilines is 2. The Balaban J connectivity index is 1.43. The largest absolute Gasteiger partial charge is 0.443 e. The van der Waals surface area contributed by atoms with Gasteiger partial charge in [-0.05, 0) is 47.5 Å². The third kappa shape index (κ3) is 4.94. The van der Waals surface area contributed by atoms with Gasteiger partial charge in [0.15, 0.2) is 0 Å². The van der Waals surface area contributed by atoms with Crippen molar-refractivity contribution in [2.24, 2.45) is 0 Å². The molecule has 36 heavy (non-hydrogen) atoms. The summed E-state index contributed by atoms with van der Waals surface area (Å²) in [5.74, 6) is 0. The Morgan fingerprint density at radius 3 is 1.97 bits per heavy atom. The second kappa shape index (κ2) is 9.34. The number of sulfonamides is 2. The lowest BCUT2D eigenvalue weighted by Gasteiger charge is -2.14. The summed E-state index contributed by atoms with van der Waals surface area (Å²) in [6.45, 7) is 0. The predicted octanol–water partition coefficient (Wildman–Crippen LogP) is 6.35. The molecule has 5 aromatic rings. The van der Waals surface area contributed by atoms with Crippen LogP contribution >= 0.6 is 11.6 Å². The van der Waals surface area contributed by atoms with Crippen LogP contribution in [0.25, 0.3) is 22.1 Å². The van der Waals surface area contributed by atoms with Gasteiger partial charge >= 0.3 is 0 Å². The Morgan fingerprint density at radius 1 is 0.611 bits per heavy atom. The maximum Gasteiger partial charge on any atom is 0.295 e. The van der Waals surface area contributed by atoms with E-state index in [4.69, 9.17) is 16.0 Å². The van der Waals surface area contributed by atoms with Crippen molar-refractivity contribution in [1.82, 2.24) is 0 Å². The molecule has 0 amide bonds. The highest BCUT2D eigenvalue weighted by molar-refractivity contribution is 7.93. The average Bonchev–Trinajstić information content (AvgIpc) is 3.32. The van der Waals surface area contributed by atoms with Crippen molar-refractivity contribution in [3.8, 4) is 11.1 Å². The van der Waals surface area contributed by atoms with E-state index in [2.05, 4.69) is 9.44 Å². The van der Waals surface area contributed by atoms with E-state index in [9.17, 15) is 16.8 Å². The molecule has 182 valence electrons. The van der Waals surface area contributed by atoms with E-state index in [-0.39, 0.29) is 26.4 Å². The van der Waals surface area contributed by atoms with E-state index in [0.717, 1.165) is 11.1 Å². The first-order chi connectivity index (χ1) is 17.2. The van der Waals surface area contributed by atoms with Crippen LogP contribution in [0.2, 0.25) is 5.02 Å². The molecule has 0 bridgehead atoms. The maximum atomic E-state index is 13.1. The lowest BCUT2D eigenvalue weighted by molar-refractivity contribution is 0.484. The Hall–Kier alpha value is -3.79. The predicted molar refractivity (Wildman–Crippen MR) is 141 cm³/mol. The van der Waals surface area contributed by atoms with Gasteiger partial charge in [0.2, 0.25) is 5.09 Å². The van der Waals surface area contributed by atoms with E-state index in [1.54, 1.807) is 36.4 Å². The van der Waals surface area contributed by atoms with Gasteiger partial charge in [-0.15, -0.1) is 0 Å². The van der Waals surface area contributed by atoms with Gasteiger partial charge in [-0.2, -0.15) is 8.42 Å². The van der Waals surface area contributed by atoms with E-state index in [0.29, 0.717) is 11.0 Å². The Labute approximate surface area is 213 Å². The number of benzene rings is 4. The molecule has 5 rings (SSSR count). The molecule has 1 heterocycles. The number of furan rings is 1. The molecule has 0 saturated heterocycles. The molecule has 2 N–H and O–H groups in total. The minimum atomic E-state index is -4.18. The van der Waals surface area contributed by atoms with E-state index >= 15 is 0 Å². The molecule has 0 aliphatic rings. The number of hydrogen-bond donors (Lipinski definition) is 2. The molecule has 1 aromatic heterocycles. The molecule has 7 nitrogen and oxygen atoms in total. The van der Waals surface area contributed by atoms with Gasteiger partial charge in [0.1, 0.15) is 5.58 Å². The molecule has 0 atom stereocenters. The number of halogens is 1. The number of para-hydroxylation sites is 1. The molecule has 0 saturated carbocycles. The topological polar surface area (TPSA) is 105 Å². The first-order valence-corrected chi connectivity index (χ1v) is 14.0. The maximum absolute atomic E-state index is 13.1. The molecule has 0 aliphatic heterocycles. The third-order valence-electron chi connectivity index (χ3n) is 5.41. The zero-order chi connectivity index (χ0) is 25.3. The quantitative estimate of drug-likeness (QED) is 0.251. The smallest absolute Gasteiger partial charge is 0.295 e. The standard InChI is InChI=1S/C26H19ClN2O5S2/c27-21-12-15-23(24(17-21)29-36(32,33)26-16-20-8-4-5-9-25(20)34-26)28-35(30,31)22-13-10-19(11-14-22)18-6-2-1-3-7-18/h1-17,28-29H. The average molecular weight is 539 g/mol. The molecular weight excluding hydrogens is 520 g/mol. The monoisotopic (exact) mass is 538 g/mol. The molecule has 0 aliphatic carbocycles. The fraction of sp³-hybridized carbons (Fsp3) is 0. The SMILES string of the molecule is O=S(=O)(Nc1ccc(Cl)cc1NS(=O)(=O)c1cc2ccccc2o1)c1ccc(-c2ccccc2)cc1. The van der Waals surface area contributed by atoms with Crippen LogP contribution < -0.4 is 9.44 Å². The normalized spacial score (nSPS) is 11.9. The van der Waals surface area contributed by atoms with Gasteiger partial charge in [0, 0.05) is 16.5 Å². The minimum absolute atomic E-state index is 0.00576. The Kier molecular flexibility index (Phi) is 6.21. The van der Waals surface area contributed by atoms with Crippen LogP contribution in [0.5, 0.6) is 0 Å². The van der Waals surface area contributed by atoms with Crippen LogP contribution in [0, 0.1) is 0 Å². The Morgan fingerprint density at radius 2 is 1.25 bits per heavy atom. The van der Waals surface area contributed by atoms with Crippen LogP contribution in [0.15, 0.2) is 118 Å². The number of nitrogens with one attached hydrogen (secondary N) is 2. The van der Waals surface area contributed by atoms with Gasteiger partial charge in [0.05, 0.1) is 16.3 Å². The molecule has 0 spiro atoms. The van der Waals surface area contributed by atoms with Crippen molar-refractivity contribution in [1.29, 1.82) is 0 Å². The van der Waals surface area contributed by atoms with Crippen molar-refractivity contribution in [3.05, 3.63) is 108 Å². The second-order valence-electron chi connectivity index (χ2n) is 7.89. The number of fused-ring (bicyclic) bond motifs is 1. The van der Waals surface area contributed by atoms with E-state index in [1.807, 2.05) is 30.3 Å². The lowest BCUT2D eigenvalue weighted by atomic mass is 10.1. The molecule has 10 heteroatoms. The van der Waals surface area contributed by atoms with E-state index < -0.39 is 20.0 Å². The van der Waals surface area contributed by atoms with Crippen molar-refractivity contribution in [3.63, 3.8) is 0 Å². The highest BCUT2D eigenvalue weighted by Gasteiger charge is 2.23. The van der Waals surface area contributed by atoms with Crippen LogP contribution in [0.4, 0.5) is 11.4 Å². The summed E-state index contributed by atoms with van der Waals surface area (Å²) in [6, 6.07) is 28.3. The van der Waals surface area contributed by atoms with Crippen molar-refractivity contribution in [2.75, 3.05) is 9.44 Å². The molecule has 0 unspecified atom stereocenters. The number of hydrogen-bond acceptors (Lipinski definition) is 5. The van der Waals surface area contributed by atoms with Crippen molar-refractivity contribution < 1.29 is 21.3 Å². The van der Waals surface area contributed by atoms with Crippen molar-refractivity contribution >= 4 is 54.0 Å². The van der Waals surface area contributed by atoms with Gasteiger partial charge in [0.25, 0.3) is 20.0 Å². The summed E-state index contributed by atoms with van der Waals surface area (Å²) in [7, 11) is -8.22. The highest BCUT2D eigenvalue weighted by atomic mass is 35.5. The van der Waals surface area contributed by atoms with Gasteiger partial charge in [-0.3, -0.25) is 9.44 Å². The summed E-state index contributed by atoms with van der Waals surface area (Å²) in [4.78, 5) is 0.0169. The Bertz CT molecular complexity index is 1730. The lowest BCUT2D eigenvalue weighted by Crippen LogP contribution is -2.17. The summed E-state index contributed by atoms with van der Waals surface area (Å²) < 4.78 is 62.5. The molecular formula is C26H19ClN2O5S2. The fourth-order valence-electron chi connectivity index (χ4n) is 3.64. The molecule has 4 aromatic carbocycles. The summed E-state index contributed by atoms with van der Waals surface area (Å²) in [5, 5.41) is 0.519. The van der Waals surface area contributed by atoms with Crippen molar-refractivity contribution in [2.45, 2.75) is 9.99 Å². The first-order valence-electron chi connectivity index (χ1n) is 10.7. The summed E-state index contributed by atoms with van der Waals surface area (Å²) >= 11 is 6.08. The fourth-order valence-corrected chi connectivity index (χ4v) is 5.93. The van der Waals surface area contributed by atoms with E-state index in [1.165, 1.54) is 36.4 Å². The van der Waals surface area contributed by atoms with Crippen LogP contribution in [0.1, 0.15) is 0 Å². The summed E-state index contributed by atoms with van der Waals surface area (Å²) in [6.07, 6.45) is 0. The van der Waals surface area contributed by atoms with Gasteiger partial charge < -0.3 is 4.42 Å². The zero-order valence-electron chi connectivity index (χ0n) is 18.6. The highest BCUT2D eigenvalue weighted by Crippen LogP contribution is 2.32. The number of rotatable bonds is 7. The van der Waals surface area contributed by atoms with Crippen LogP contribution in [-0.2, 0) is 20.0 Å². The second-order valence-corrected chi connectivity index (χ2v) is 11.6. The van der Waals surface area contributed by atoms with Crippen LogP contribution in [-0.4, -0.2) is 16.8 Å². The third-order valence-corrected chi connectivity index (χ3v) is 8.25. The van der Waals surface area contributed by atoms with Gasteiger partial charge in [-0.25, -0.2) is 8.42 Å². The molecule has 0 fully saturated rings. The zero-order valence-corrected chi connectivity index (χ0v) is 20.9. The minimum Gasteiger partial charge on any atom is -0.443 e. The first kappa shape index (κ1) is 23.9. The van der Waals surface area contributed by atoms with Gasteiger partial charge in [-0.1, -0.05) is 72.3 Å². The molecule has 0 radical (unpaired) electrons. The van der Waals surface area contributed by atoms with Crippen LogP contribution in [0.3, 0.4) is 0 Å².